The molecule has 0 saturated carbocycles. The number of hydrogen-bond acceptors (Lipinski definition) is 3. The summed E-state index contributed by atoms with van der Waals surface area (Å²) in [5.74, 6) is -4.82. The number of rotatable bonds is 4. The van der Waals surface area contributed by atoms with Crippen LogP contribution >= 0.6 is 0 Å². The first-order chi connectivity index (χ1) is 6.34. The summed E-state index contributed by atoms with van der Waals surface area (Å²) in [7, 11) is -4.50. The fourth-order valence-electron chi connectivity index (χ4n) is 1.22. The summed E-state index contributed by atoms with van der Waals surface area (Å²) in [6.45, 7) is -0.252. The van der Waals surface area contributed by atoms with E-state index < -0.39 is 21.8 Å². The highest BCUT2D eigenvalue weighted by Crippen LogP contribution is 2.25. The van der Waals surface area contributed by atoms with Gasteiger partial charge in [-0.15, -0.1) is 0 Å². The molecule has 0 atom stereocenters. The molecule has 1 rings (SSSR count). The van der Waals surface area contributed by atoms with E-state index in [1.165, 1.54) is 0 Å². The summed E-state index contributed by atoms with van der Waals surface area (Å²) >= 11 is 0. The average molecular weight is 229 g/mol. The smallest absolute Gasteiger partial charge is 0.350 e. The largest absolute Gasteiger partial charge is 0.481 e. The van der Waals surface area contributed by atoms with Crippen molar-refractivity contribution >= 4 is 16.0 Å². The van der Waals surface area contributed by atoms with Gasteiger partial charge in [-0.3, -0.25) is 4.79 Å². The molecule has 0 unspecified atom stereocenters. The molecule has 0 aromatic carbocycles. The van der Waals surface area contributed by atoms with Crippen LogP contribution in [0, 0.1) is 5.92 Å². The molecule has 82 valence electrons. The second-order valence-corrected chi connectivity index (χ2v) is 4.99. The highest BCUT2D eigenvalue weighted by Gasteiger charge is 2.41. The van der Waals surface area contributed by atoms with Crippen LogP contribution in [0.15, 0.2) is 0 Å². The summed E-state index contributed by atoms with van der Waals surface area (Å²) in [6.07, 6.45) is -0.185. The van der Waals surface area contributed by atoms with Crippen LogP contribution in [0.25, 0.3) is 0 Å². The molecule has 8 heteroatoms. The second-order valence-electron chi connectivity index (χ2n) is 3.09. The lowest BCUT2D eigenvalue weighted by Gasteiger charge is -2.36. The van der Waals surface area contributed by atoms with Crippen molar-refractivity contribution in [2.24, 2.45) is 5.92 Å². The van der Waals surface area contributed by atoms with Crippen LogP contribution in [-0.4, -0.2) is 42.6 Å². The molecule has 0 radical (unpaired) electrons. The van der Waals surface area contributed by atoms with Crippen LogP contribution < -0.4 is 0 Å². The van der Waals surface area contributed by atoms with Crippen LogP contribution in [0.1, 0.15) is 6.42 Å². The topological polar surface area (TPSA) is 74.7 Å². The van der Waals surface area contributed by atoms with Gasteiger partial charge < -0.3 is 5.11 Å². The number of carboxylic acid groups (broad SMARTS) is 1. The molecule has 1 saturated heterocycles. The number of nitrogens with zero attached hydrogens (tertiary/aromatic N) is 1. The SMILES string of the molecule is O=C(O)CC1CN(S(=O)(=O)C(F)F)C1. The molecule has 5 nitrogen and oxygen atoms in total. The van der Waals surface area contributed by atoms with Crippen LogP contribution in [-0.2, 0) is 14.8 Å². The van der Waals surface area contributed by atoms with Crippen LogP contribution in [0.4, 0.5) is 8.78 Å². The van der Waals surface area contributed by atoms with E-state index in [0.717, 1.165) is 0 Å². The monoisotopic (exact) mass is 229 g/mol. The third-order valence-electron chi connectivity index (χ3n) is 1.97. The zero-order valence-electron chi connectivity index (χ0n) is 7.06. The van der Waals surface area contributed by atoms with Crippen molar-refractivity contribution in [3.05, 3.63) is 0 Å². The van der Waals surface area contributed by atoms with Crippen molar-refractivity contribution < 1.29 is 27.1 Å². The summed E-state index contributed by atoms with van der Waals surface area (Å²) in [4.78, 5) is 10.2. The van der Waals surface area contributed by atoms with Crippen LogP contribution in [0.2, 0.25) is 0 Å². The van der Waals surface area contributed by atoms with Gasteiger partial charge in [-0.25, -0.2) is 8.42 Å². The minimum Gasteiger partial charge on any atom is -0.481 e. The van der Waals surface area contributed by atoms with E-state index in [2.05, 4.69) is 0 Å². The molecular weight excluding hydrogens is 220 g/mol. The Morgan fingerprint density at radius 3 is 2.36 bits per heavy atom. The fourth-order valence-corrected chi connectivity index (χ4v) is 2.28. The van der Waals surface area contributed by atoms with Gasteiger partial charge in [0, 0.05) is 13.1 Å². The molecule has 0 spiro atoms. The number of aliphatic carboxylic acids is 1. The summed E-state index contributed by atoms with van der Waals surface area (Å²) in [6, 6.07) is 0. The second kappa shape index (κ2) is 3.77. The molecule has 0 aromatic rings. The lowest BCUT2D eigenvalue weighted by atomic mass is 10.00. The Hall–Kier alpha value is -0.760. The molecule has 1 N–H and O–H groups in total. The molecule has 1 heterocycles. The van der Waals surface area contributed by atoms with E-state index >= 15 is 0 Å². The quantitative estimate of drug-likeness (QED) is 0.733. The average Bonchev–Trinajstić information content (AvgIpc) is 1.94. The van der Waals surface area contributed by atoms with Gasteiger partial charge in [0.25, 0.3) is 10.0 Å². The Labute approximate surface area is 79.4 Å². The van der Waals surface area contributed by atoms with Crippen molar-refractivity contribution in [2.45, 2.75) is 12.2 Å². The van der Waals surface area contributed by atoms with Gasteiger partial charge in [-0.2, -0.15) is 13.1 Å². The Balaban J connectivity index is 2.45. The molecule has 0 aliphatic carbocycles. The molecule has 1 aliphatic rings. The van der Waals surface area contributed by atoms with E-state index in [4.69, 9.17) is 5.11 Å². The predicted molar refractivity (Wildman–Crippen MR) is 42.2 cm³/mol. The number of hydrogen-bond donors (Lipinski definition) is 1. The molecule has 1 aliphatic heterocycles. The first-order valence-corrected chi connectivity index (χ1v) is 5.33. The third kappa shape index (κ3) is 2.18. The summed E-state index contributed by atoms with van der Waals surface area (Å²) in [5, 5.41) is 8.33. The summed E-state index contributed by atoms with van der Waals surface area (Å²) < 4.78 is 46.0. The van der Waals surface area contributed by atoms with Gasteiger partial charge in [0.15, 0.2) is 0 Å². The van der Waals surface area contributed by atoms with E-state index in [-0.39, 0.29) is 25.4 Å². The van der Waals surface area contributed by atoms with Gasteiger partial charge in [-0.1, -0.05) is 0 Å². The van der Waals surface area contributed by atoms with Crippen LogP contribution in [0.3, 0.4) is 0 Å². The summed E-state index contributed by atoms with van der Waals surface area (Å²) in [5.41, 5.74) is 0. The van der Waals surface area contributed by atoms with Crippen molar-refractivity contribution in [3.8, 4) is 0 Å². The first-order valence-electron chi connectivity index (χ1n) is 3.83. The third-order valence-corrected chi connectivity index (χ3v) is 3.44. The number of carbonyl (C=O) groups is 1. The Morgan fingerprint density at radius 1 is 1.50 bits per heavy atom. The van der Waals surface area contributed by atoms with Gasteiger partial charge >= 0.3 is 11.7 Å². The molecule has 14 heavy (non-hydrogen) atoms. The molecule has 0 amide bonds. The number of carboxylic acids is 1. The van der Waals surface area contributed by atoms with E-state index in [9.17, 15) is 22.0 Å². The van der Waals surface area contributed by atoms with Crippen molar-refractivity contribution in [2.75, 3.05) is 13.1 Å². The molecule has 0 bridgehead atoms. The van der Waals surface area contributed by atoms with Gasteiger partial charge in [0.1, 0.15) is 0 Å². The Kier molecular flexibility index (Phi) is 3.05. The van der Waals surface area contributed by atoms with Gasteiger partial charge in [0.05, 0.1) is 6.42 Å². The van der Waals surface area contributed by atoms with Crippen molar-refractivity contribution in [1.82, 2.24) is 4.31 Å². The fraction of sp³-hybridized carbons (Fsp3) is 0.833. The van der Waals surface area contributed by atoms with E-state index in [1.807, 2.05) is 0 Å². The number of halogens is 2. The molecule has 0 aromatic heterocycles. The van der Waals surface area contributed by atoms with Crippen LogP contribution in [0.5, 0.6) is 0 Å². The number of sulfonamides is 1. The zero-order chi connectivity index (χ0) is 10.9. The van der Waals surface area contributed by atoms with E-state index in [0.29, 0.717) is 4.31 Å². The van der Waals surface area contributed by atoms with Crippen molar-refractivity contribution in [3.63, 3.8) is 0 Å². The van der Waals surface area contributed by atoms with Gasteiger partial charge in [-0.05, 0) is 5.92 Å². The number of alkyl halides is 2. The van der Waals surface area contributed by atoms with Crippen molar-refractivity contribution in [1.29, 1.82) is 0 Å². The Bertz CT molecular complexity index is 323. The lowest BCUT2D eigenvalue weighted by Crippen LogP contribution is -2.52. The highest BCUT2D eigenvalue weighted by atomic mass is 32.2. The molecular formula is C6H9F2NO4S. The normalized spacial score (nSPS) is 19.6. The first kappa shape index (κ1) is 11.3. The van der Waals surface area contributed by atoms with Gasteiger partial charge in [0.2, 0.25) is 0 Å². The maximum Gasteiger partial charge on any atom is 0.350 e. The maximum absolute atomic E-state index is 11.9. The minimum atomic E-state index is -4.50. The lowest BCUT2D eigenvalue weighted by molar-refractivity contribution is -0.139. The standard InChI is InChI=1S/C6H9F2NO4S/c7-6(8)14(12,13)9-2-4(3-9)1-5(10)11/h4,6H,1-3H2,(H,10,11). The zero-order valence-corrected chi connectivity index (χ0v) is 7.88. The maximum atomic E-state index is 11.9. The predicted octanol–water partition coefficient (Wildman–Crippen LogP) is -0.0547. The van der Waals surface area contributed by atoms with E-state index in [1.54, 1.807) is 0 Å². The molecule has 1 fully saturated rings. The highest BCUT2D eigenvalue weighted by molar-refractivity contribution is 7.89. The Morgan fingerprint density at radius 2 is 2.00 bits per heavy atom. The minimum absolute atomic E-state index is 0.126.